The van der Waals surface area contributed by atoms with Gasteiger partial charge in [0.2, 0.25) is 0 Å². The van der Waals surface area contributed by atoms with Gasteiger partial charge in [0.1, 0.15) is 13.2 Å². The van der Waals surface area contributed by atoms with Crippen LogP contribution in [-0.2, 0) is 28.6 Å². The Hall–Kier alpha value is -3.41. The predicted octanol–water partition coefficient (Wildman–Crippen LogP) is 19.5. The molecule has 0 N–H and O–H groups in total. The van der Waals surface area contributed by atoms with Crippen molar-refractivity contribution >= 4 is 17.9 Å². The van der Waals surface area contributed by atoms with Gasteiger partial charge in [0.05, 0.1) is 0 Å². The maximum Gasteiger partial charge on any atom is 0.306 e. The first kappa shape index (κ1) is 65.6. The summed E-state index contributed by atoms with van der Waals surface area (Å²) in [6.45, 7) is 6.48. The molecule has 6 heteroatoms. The molecule has 0 rings (SSSR count). The zero-order chi connectivity index (χ0) is 50.0. The summed E-state index contributed by atoms with van der Waals surface area (Å²) < 4.78 is 16.9. The lowest BCUT2D eigenvalue weighted by Gasteiger charge is -2.18. The Labute approximate surface area is 426 Å². The Morgan fingerprint density at radius 3 is 0.928 bits per heavy atom. The quantitative estimate of drug-likeness (QED) is 0.0262. The van der Waals surface area contributed by atoms with Gasteiger partial charge in [-0.25, -0.2) is 0 Å². The molecule has 1 atom stereocenters. The minimum Gasteiger partial charge on any atom is -0.462 e. The topological polar surface area (TPSA) is 78.9 Å². The molecule has 0 aromatic heterocycles. The van der Waals surface area contributed by atoms with Crippen LogP contribution < -0.4 is 0 Å². The first-order valence-electron chi connectivity index (χ1n) is 29.1. The smallest absolute Gasteiger partial charge is 0.306 e. The molecule has 0 amide bonds. The van der Waals surface area contributed by atoms with Gasteiger partial charge < -0.3 is 14.2 Å². The van der Waals surface area contributed by atoms with Gasteiger partial charge in [-0.1, -0.05) is 228 Å². The van der Waals surface area contributed by atoms with Crippen molar-refractivity contribution in [2.24, 2.45) is 0 Å². The normalized spacial score (nSPS) is 12.7. The summed E-state index contributed by atoms with van der Waals surface area (Å²) in [5.74, 6) is -0.926. The zero-order valence-electron chi connectivity index (χ0n) is 45.3. The number of allylic oxidation sites excluding steroid dienone is 14. The van der Waals surface area contributed by atoms with Crippen LogP contribution in [0.3, 0.4) is 0 Å². The van der Waals surface area contributed by atoms with Crippen molar-refractivity contribution in [3.05, 3.63) is 85.1 Å². The molecule has 0 aromatic carbocycles. The largest absolute Gasteiger partial charge is 0.462 e. The number of hydrogen-bond donors (Lipinski definition) is 0. The average Bonchev–Trinajstić information content (AvgIpc) is 3.35. The van der Waals surface area contributed by atoms with Gasteiger partial charge >= 0.3 is 17.9 Å². The molecule has 0 aliphatic rings. The van der Waals surface area contributed by atoms with E-state index in [-0.39, 0.29) is 31.1 Å². The second kappa shape index (κ2) is 57.2. The molecule has 0 radical (unpaired) electrons. The van der Waals surface area contributed by atoms with Gasteiger partial charge in [0.15, 0.2) is 6.10 Å². The van der Waals surface area contributed by atoms with E-state index in [1.807, 2.05) is 0 Å². The van der Waals surface area contributed by atoms with E-state index in [0.29, 0.717) is 19.3 Å². The van der Waals surface area contributed by atoms with Crippen molar-refractivity contribution in [2.45, 2.75) is 284 Å². The summed E-state index contributed by atoms with van der Waals surface area (Å²) >= 11 is 0. The summed E-state index contributed by atoms with van der Waals surface area (Å²) in [6.07, 6.45) is 74.3. The molecule has 0 aliphatic carbocycles. The van der Waals surface area contributed by atoms with Crippen LogP contribution in [0.15, 0.2) is 85.1 Å². The summed E-state index contributed by atoms with van der Waals surface area (Å²) in [6, 6.07) is 0. The van der Waals surface area contributed by atoms with Crippen LogP contribution in [0.5, 0.6) is 0 Å². The molecular weight excluding hydrogens is 853 g/mol. The van der Waals surface area contributed by atoms with E-state index in [9.17, 15) is 14.4 Å². The fraction of sp³-hybridized carbons (Fsp3) is 0.730. The number of carbonyl (C=O) groups is 3. The second-order valence-electron chi connectivity index (χ2n) is 19.2. The lowest BCUT2D eigenvalue weighted by atomic mass is 10.1. The lowest BCUT2D eigenvalue weighted by molar-refractivity contribution is -0.167. The highest BCUT2D eigenvalue weighted by Crippen LogP contribution is 2.15. The number of rotatable bonds is 52. The van der Waals surface area contributed by atoms with Crippen LogP contribution in [0.25, 0.3) is 0 Å². The standard InChI is InChI=1S/C63H108O6/c1-4-7-10-13-16-19-22-25-28-30-31-33-35-38-41-44-47-50-53-56-62(65)68-59-60(58-67-61(64)55-52-49-46-43-40-37-34-27-24-21-18-15-12-9-6-3)69-63(66)57-54-51-48-45-42-39-36-32-29-26-23-20-17-14-11-8-5-2/h8,11,17-18,20-21,25-29,34,36,39,60H,4-7,9-10,12-16,19,22-24,30-33,35,37-38,40-59H2,1-3H3/b11-8-,20-17-,21-18-,28-25-,29-26-,34-27-,39-36-. The molecule has 396 valence electrons. The maximum atomic E-state index is 12.9. The van der Waals surface area contributed by atoms with Crippen molar-refractivity contribution in [3.8, 4) is 0 Å². The van der Waals surface area contributed by atoms with Crippen molar-refractivity contribution in [3.63, 3.8) is 0 Å². The fourth-order valence-corrected chi connectivity index (χ4v) is 7.99. The molecule has 69 heavy (non-hydrogen) atoms. The van der Waals surface area contributed by atoms with E-state index in [0.717, 1.165) is 122 Å². The molecule has 6 nitrogen and oxygen atoms in total. The van der Waals surface area contributed by atoms with E-state index < -0.39 is 6.10 Å². The van der Waals surface area contributed by atoms with Gasteiger partial charge in [-0.3, -0.25) is 14.4 Å². The average molecular weight is 962 g/mol. The molecule has 0 saturated carbocycles. The van der Waals surface area contributed by atoms with Crippen LogP contribution in [0.1, 0.15) is 278 Å². The van der Waals surface area contributed by atoms with Crippen LogP contribution in [0.4, 0.5) is 0 Å². The summed E-state index contributed by atoms with van der Waals surface area (Å²) in [7, 11) is 0. The monoisotopic (exact) mass is 961 g/mol. The Kier molecular flexibility index (Phi) is 54.3. The minimum atomic E-state index is -0.797. The van der Waals surface area contributed by atoms with Gasteiger partial charge in [0.25, 0.3) is 0 Å². The van der Waals surface area contributed by atoms with Gasteiger partial charge in [-0.05, 0) is 116 Å². The van der Waals surface area contributed by atoms with E-state index >= 15 is 0 Å². The molecule has 0 fully saturated rings. The highest BCUT2D eigenvalue weighted by Gasteiger charge is 2.19. The number of ether oxygens (including phenoxy) is 3. The highest BCUT2D eigenvalue weighted by molar-refractivity contribution is 5.71. The van der Waals surface area contributed by atoms with Gasteiger partial charge in [-0.2, -0.15) is 0 Å². The minimum absolute atomic E-state index is 0.0919. The second-order valence-corrected chi connectivity index (χ2v) is 19.2. The molecule has 0 aromatic rings. The number of carbonyl (C=O) groups excluding carboxylic acids is 3. The predicted molar refractivity (Wildman–Crippen MR) is 297 cm³/mol. The molecule has 0 saturated heterocycles. The summed E-state index contributed by atoms with van der Waals surface area (Å²) in [5.41, 5.74) is 0. The van der Waals surface area contributed by atoms with E-state index in [1.165, 1.54) is 116 Å². The van der Waals surface area contributed by atoms with Crippen LogP contribution in [0.2, 0.25) is 0 Å². The van der Waals surface area contributed by atoms with Crippen LogP contribution in [0, 0.1) is 0 Å². The number of esters is 3. The lowest BCUT2D eigenvalue weighted by Crippen LogP contribution is -2.30. The highest BCUT2D eigenvalue weighted by atomic mass is 16.6. The third-order valence-electron chi connectivity index (χ3n) is 12.4. The fourth-order valence-electron chi connectivity index (χ4n) is 7.99. The first-order valence-corrected chi connectivity index (χ1v) is 29.1. The Morgan fingerprint density at radius 1 is 0.304 bits per heavy atom. The van der Waals surface area contributed by atoms with Crippen LogP contribution in [-0.4, -0.2) is 37.2 Å². The third-order valence-corrected chi connectivity index (χ3v) is 12.4. The van der Waals surface area contributed by atoms with E-state index in [4.69, 9.17) is 14.2 Å². The number of hydrogen-bond acceptors (Lipinski definition) is 6. The maximum absolute atomic E-state index is 12.9. The number of unbranched alkanes of at least 4 members (excludes halogenated alkanes) is 27. The summed E-state index contributed by atoms with van der Waals surface area (Å²) in [4.78, 5) is 38.2. The first-order chi connectivity index (χ1) is 34.0. The molecule has 0 heterocycles. The van der Waals surface area contributed by atoms with Gasteiger partial charge in [-0.15, -0.1) is 0 Å². The van der Waals surface area contributed by atoms with Gasteiger partial charge in [0, 0.05) is 19.3 Å². The molecule has 0 spiro atoms. The Balaban J connectivity index is 4.43. The molecule has 1 unspecified atom stereocenters. The van der Waals surface area contributed by atoms with Crippen molar-refractivity contribution < 1.29 is 28.6 Å². The molecule has 0 bridgehead atoms. The van der Waals surface area contributed by atoms with E-state index in [2.05, 4.69) is 106 Å². The van der Waals surface area contributed by atoms with Crippen molar-refractivity contribution in [1.29, 1.82) is 0 Å². The van der Waals surface area contributed by atoms with Crippen molar-refractivity contribution in [1.82, 2.24) is 0 Å². The molecular formula is C63H108O6. The zero-order valence-corrected chi connectivity index (χ0v) is 45.3. The summed E-state index contributed by atoms with van der Waals surface area (Å²) in [5, 5.41) is 0. The van der Waals surface area contributed by atoms with E-state index in [1.54, 1.807) is 0 Å². The molecule has 0 aliphatic heterocycles. The van der Waals surface area contributed by atoms with Crippen LogP contribution >= 0.6 is 0 Å². The Bertz CT molecular complexity index is 1330. The Morgan fingerprint density at radius 2 is 0.565 bits per heavy atom. The third kappa shape index (κ3) is 55.4. The van der Waals surface area contributed by atoms with Crippen molar-refractivity contribution in [2.75, 3.05) is 13.2 Å². The SMILES string of the molecule is CC/C=C\C/C=C\C/C=C\C/C=C\CCCCCCC(=O)OC(COC(=O)CCCCCCC/C=C\C/C=C\CCCCC)COC(=O)CCCCCCCCCCC/C=C\CCCCCCCC.